The number of carbonyl (C=O) groups excluding carboxylic acids is 2. The van der Waals surface area contributed by atoms with Crippen molar-refractivity contribution in [1.82, 2.24) is 5.32 Å². The van der Waals surface area contributed by atoms with Gasteiger partial charge in [0.25, 0.3) is 0 Å². The van der Waals surface area contributed by atoms with E-state index in [-0.39, 0.29) is 18.4 Å². The highest BCUT2D eigenvalue weighted by molar-refractivity contribution is 5.95. The molecule has 0 aliphatic rings. The molecule has 1 rings (SSSR count). The SMILES string of the molecule is CCCNC(=O)CNc1cccc(NC(=O)C(C)(C)C)c1. The van der Waals surface area contributed by atoms with Gasteiger partial charge < -0.3 is 16.0 Å². The van der Waals surface area contributed by atoms with Crippen molar-refractivity contribution in [2.45, 2.75) is 34.1 Å². The molecule has 0 bridgehead atoms. The Morgan fingerprint density at radius 1 is 1.14 bits per heavy atom. The summed E-state index contributed by atoms with van der Waals surface area (Å²) in [6, 6.07) is 7.34. The minimum absolute atomic E-state index is 0.0408. The van der Waals surface area contributed by atoms with E-state index >= 15 is 0 Å². The predicted molar refractivity (Wildman–Crippen MR) is 86.3 cm³/mol. The van der Waals surface area contributed by atoms with Crippen molar-refractivity contribution >= 4 is 23.2 Å². The fourth-order valence-corrected chi connectivity index (χ4v) is 1.53. The molecule has 0 unspecified atom stereocenters. The molecular formula is C16H25N3O2. The number of benzene rings is 1. The maximum Gasteiger partial charge on any atom is 0.239 e. The summed E-state index contributed by atoms with van der Waals surface area (Å²) in [5, 5.41) is 8.71. The Morgan fingerprint density at radius 3 is 2.43 bits per heavy atom. The van der Waals surface area contributed by atoms with Crippen molar-refractivity contribution in [2.75, 3.05) is 23.7 Å². The lowest BCUT2D eigenvalue weighted by Gasteiger charge is -2.18. The van der Waals surface area contributed by atoms with Crippen LogP contribution in [-0.4, -0.2) is 24.9 Å². The quantitative estimate of drug-likeness (QED) is 0.754. The smallest absolute Gasteiger partial charge is 0.239 e. The molecule has 5 nitrogen and oxygen atoms in total. The average Bonchev–Trinajstić information content (AvgIpc) is 2.42. The van der Waals surface area contributed by atoms with E-state index in [4.69, 9.17) is 0 Å². The summed E-state index contributed by atoms with van der Waals surface area (Å²) in [6.45, 7) is 8.50. The zero-order valence-electron chi connectivity index (χ0n) is 13.2. The van der Waals surface area contributed by atoms with Crippen LogP contribution in [0, 0.1) is 5.41 Å². The van der Waals surface area contributed by atoms with Crippen LogP contribution in [-0.2, 0) is 9.59 Å². The number of nitrogens with one attached hydrogen (secondary N) is 3. The Hall–Kier alpha value is -2.04. The molecule has 0 atom stereocenters. The van der Waals surface area contributed by atoms with Gasteiger partial charge in [-0.2, -0.15) is 0 Å². The topological polar surface area (TPSA) is 70.2 Å². The Bertz CT molecular complexity index is 493. The molecule has 1 aromatic carbocycles. The van der Waals surface area contributed by atoms with Crippen LogP contribution < -0.4 is 16.0 Å². The standard InChI is InChI=1S/C16H25N3O2/c1-5-9-17-14(20)11-18-12-7-6-8-13(10-12)19-15(21)16(2,3)4/h6-8,10,18H,5,9,11H2,1-4H3,(H,17,20)(H,19,21). The molecular weight excluding hydrogens is 266 g/mol. The zero-order chi connectivity index (χ0) is 15.9. The van der Waals surface area contributed by atoms with Crippen molar-refractivity contribution < 1.29 is 9.59 Å². The maximum absolute atomic E-state index is 11.9. The number of anilines is 2. The average molecular weight is 291 g/mol. The van der Waals surface area contributed by atoms with Gasteiger partial charge >= 0.3 is 0 Å². The van der Waals surface area contributed by atoms with Crippen molar-refractivity contribution in [1.29, 1.82) is 0 Å². The molecule has 0 saturated carbocycles. The maximum atomic E-state index is 11.9. The normalized spacial score (nSPS) is 10.9. The van der Waals surface area contributed by atoms with Gasteiger partial charge in [0.1, 0.15) is 0 Å². The van der Waals surface area contributed by atoms with Crippen LogP contribution in [0.25, 0.3) is 0 Å². The highest BCUT2D eigenvalue weighted by Crippen LogP contribution is 2.19. The molecule has 2 amide bonds. The van der Waals surface area contributed by atoms with E-state index in [1.807, 2.05) is 52.0 Å². The molecule has 1 aromatic rings. The summed E-state index contributed by atoms with van der Waals surface area (Å²) in [6.07, 6.45) is 0.917. The summed E-state index contributed by atoms with van der Waals surface area (Å²) < 4.78 is 0. The minimum Gasteiger partial charge on any atom is -0.376 e. The van der Waals surface area contributed by atoms with E-state index in [2.05, 4.69) is 16.0 Å². The van der Waals surface area contributed by atoms with Crippen LogP contribution in [0.4, 0.5) is 11.4 Å². The Labute approximate surface area is 126 Å². The first-order valence-electron chi connectivity index (χ1n) is 7.25. The second-order valence-electron chi connectivity index (χ2n) is 5.99. The first kappa shape index (κ1) is 17.0. The van der Waals surface area contributed by atoms with E-state index in [9.17, 15) is 9.59 Å². The number of rotatable bonds is 6. The summed E-state index contributed by atoms with van der Waals surface area (Å²) in [4.78, 5) is 23.5. The van der Waals surface area contributed by atoms with Gasteiger partial charge in [0.15, 0.2) is 0 Å². The van der Waals surface area contributed by atoms with Crippen molar-refractivity contribution in [3.8, 4) is 0 Å². The predicted octanol–water partition coefficient (Wildman–Crippen LogP) is 2.61. The first-order chi connectivity index (χ1) is 9.82. The van der Waals surface area contributed by atoms with Crippen LogP contribution >= 0.6 is 0 Å². The van der Waals surface area contributed by atoms with Crippen molar-refractivity contribution in [3.63, 3.8) is 0 Å². The summed E-state index contributed by atoms with van der Waals surface area (Å²) in [7, 11) is 0. The third-order valence-electron chi connectivity index (χ3n) is 2.83. The largest absolute Gasteiger partial charge is 0.376 e. The number of hydrogen-bond donors (Lipinski definition) is 3. The molecule has 5 heteroatoms. The molecule has 116 valence electrons. The molecule has 3 N–H and O–H groups in total. The van der Waals surface area contributed by atoms with Crippen LogP contribution in [0.2, 0.25) is 0 Å². The minimum atomic E-state index is -0.441. The molecule has 0 aromatic heterocycles. The fraction of sp³-hybridized carbons (Fsp3) is 0.500. The van der Waals surface area contributed by atoms with Gasteiger partial charge in [-0.05, 0) is 24.6 Å². The molecule has 0 aliphatic heterocycles. The molecule has 0 heterocycles. The molecule has 0 spiro atoms. The summed E-state index contributed by atoms with van der Waals surface area (Å²) in [5.41, 5.74) is 1.07. The van der Waals surface area contributed by atoms with E-state index in [1.54, 1.807) is 0 Å². The van der Waals surface area contributed by atoms with E-state index in [1.165, 1.54) is 0 Å². The molecule has 0 radical (unpaired) electrons. The third kappa shape index (κ3) is 6.29. The lowest BCUT2D eigenvalue weighted by atomic mass is 9.95. The van der Waals surface area contributed by atoms with Crippen molar-refractivity contribution in [3.05, 3.63) is 24.3 Å². The third-order valence-corrected chi connectivity index (χ3v) is 2.83. The van der Waals surface area contributed by atoms with Gasteiger partial charge in [-0.3, -0.25) is 9.59 Å². The van der Waals surface area contributed by atoms with Gasteiger partial charge in [-0.15, -0.1) is 0 Å². The summed E-state index contributed by atoms with van der Waals surface area (Å²) >= 11 is 0. The molecule has 21 heavy (non-hydrogen) atoms. The highest BCUT2D eigenvalue weighted by atomic mass is 16.2. The number of carbonyl (C=O) groups is 2. The number of amides is 2. The lowest BCUT2D eigenvalue weighted by Crippen LogP contribution is -2.30. The first-order valence-corrected chi connectivity index (χ1v) is 7.25. The monoisotopic (exact) mass is 291 g/mol. The molecule has 0 aliphatic carbocycles. The zero-order valence-corrected chi connectivity index (χ0v) is 13.2. The Balaban J connectivity index is 2.56. The van der Waals surface area contributed by atoms with E-state index < -0.39 is 5.41 Å². The van der Waals surface area contributed by atoms with Crippen molar-refractivity contribution in [2.24, 2.45) is 5.41 Å². The number of hydrogen-bond acceptors (Lipinski definition) is 3. The van der Waals surface area contributed by atoms with Gasteiger partial charge in [0.2, 0.25) is 11.8 Å². The van der Waals surface area contributed by atoms with E-state index in [0.29, 0.717) is 12.2 Å². The van der Waals surface area contributed by atoms with E-state index in [0.717, 1.165) is 12.1 Å². The Morgan fingerprint density at radius 2 is 1.81 bits per heavy atom. The summed E-state index contributed by atoms with van der Waals surface area (Å²) in [5.74, 6) is -0.0821. The van der Waals surface area contributed by atoms with Gasteiger partial charge in [-0.25, -0.2) is 0 Å². The van der Waals surface area contributed by atoms with Gasteiger partial charge in [-0.1, -0.05) is 33.8 Å². The lowest BCUT2D eigenvalue weighted by molar-refractivity contribution is -0.123. The highest BCUT2D eigenvalue weighted by Gasteiger charge is 2.21. The van der Waals surface area contributed by atoms with Gasteiger partial charge in [0, 0.05) is 23.3 Å². The fourth-order valence-electron chi connectivity index (χ4n) is 1.53. The Kier molecular flexibility index (Phi) is 6.21. The van der Waals surface area contributed by atoms with Gasteiger partial charge in [0.05, 0.1) is 6.54 Å². The molecule has 0 saturated heterocycles. The van der Waals surface area contributed by atoms with Crippen LogP contribution in [0.5, 0.6) is 0 Å². The van der Waals surface area contributed by atoms with Crippen LogP contribution in [0.1, 0.15) is 34.1 Å². The molecule has 0 fully saturated rings. The van der Waals surface area contributed by atoms with Crippen LogP contribution in [0.3, 0.4) is 0 Å². The second kappa shape index (κ2) is 7.67. The second-order valence-corrected chi connectivity index (χ2v) is 5.99. The van der Waals surface area contributed by atoms with Crippen LogP contribution in [0.15, 0.2) is 24.3 Å².